The number of hydrogen-bond donors (Lipinski definition) is 1. The van der Waals surface area contributed by atoms with E-state index in [0.29, 0.717) is 39.4 Å². The van der Waals surface area contributed by atoms with E-state index in [-0.39, 0.29) is 11.9 Å². The van der Waals surface area contributed by atoms with Gasteiger partial charge >= 0.3 is 6.03 Å². The van der Waals surface area contributed by atoms with Crippen LogP contribution < -0.4 is 5.32 Å². The van der Waals surface area contributed by atoms with E-state index in [2.05, 4.69) is 10.2 Å². The Hall–Kier alpha value is -1.18. The number of hydrogen-bond acceptors (Lipinski definition) is 5. The number of ether oxygens (including phenoxy) is 2. The van der Waals surface area contributed by atoms with Crippen LogP contribution >= 0.6 is 0 Å². The molecule has 0 aromatic heterocycles. The second-order valence-electron chi connectivity index (χ2n) is 5.20. The SMILES string of the molecule is CCOCCOCN1CCC2(CC1)C(=O)NC(=O)N2C. The Morgan fingerprint density at radius 3 is 2.40 bits per heavy atom. The highest BCUT2D eigenvalue weighted by Crippen LogP contribution is 2.31. The van der Waals surface area contributed by atoms with E-state index in [1.165, 1.54) is 0 Å². The number of likely N-dealkylation sites (tertiary alicyclic amines) is 1. The molecule has 0 bridgehead atoms. The van der Waals surface area contributed by atoms with Crippen LogP contribution in [0, 0.1) is 0 Å². The van der Waals surface area contributed by atoms with Crippen LogP contribution in [0.25, 0.3) is 0 Å². The van der Waals surface area contributed by atoms with Gasteiger partial charge in [-0.1, -0.05) is 0 Å². The minimum Gasteiger partial charge on any atom is -0.379 e. The van der Waals surface area contributed by atoms with Gasteiger partial charge in [0.25, 0.3) is 5.91 Å². The quantitative estimate of drug-likeness (QED) is 0.550. The van der Waals surface area contributed by atoms with Crippen molar-refractivity contribution < 1.29 is 19.1 Å². The van der Waals surface area contributed by atoms with Crippen molar-refractivity contribution in [3.63, 3.8) is 0 Å². The molecule has 114 valence electrons. The van der Waals surface area contributed by atoms with Crippen molar-refractivity contribution in [1.82, 2.24) is 15.1 Å². The Kier molecular flexibility index (Phi) is 4.95. The zero-order chi connectivity index (χ0) is 14.6. The van der Waals surface area contributed by atoms with Crippen LogP contribution in [0.3, 0.4) is 0 Å². The van der Waals surface area contributed by atoms with Gasteiger partial charge in [0.15, 0.2) is 0 Å². The van der Waals surface area contributed by atoms with Crippen molar-refractivity contribution in [2.75, 3.05) is 46.7 Å². The first-order valence-electron chi connectivity index (χ1n) is 7.07. The number of amides is 3. The molecule has 3 amide bonds. The van der Waals surface area contributed by atoms with E-state index in [1.54, 1.807) is 11.9 Å². The van der Waals surface area contributed by atoms with Gasteiger partial charge in [0.05, 0.1) is 19.9 Å². The van der Waals surface area contributed by atoms with E-state index < -0.39 is 5.54 Å². The minimum absolute atomic E-state index is 0.165. The number of carbonyl (C=O) groups excluding carboxylic acids is 2. The van der Waals surface area contributed by atoms with Crippen LogP contribution in [0.4, 0.5) is 4.79 Å². The lowest BCUT2D eigenvalue weighted by atomic mass is 9.86. The predicted octanol–water partition coefficient (Wildman–Crippen LogP) is 0.0132. The largest absolute Gasteiger partial charge is 0.379 e. The number of nitrogens with zero attached hydrogens (tertiary/aromatic N) is 2. The lowest BCUT2D eigenvalue weighted by Crippen LogP contribution is -2.55. The normalized spacial score (nSPS) is 22.6. The molecule has 0 radical (unpaired) electrons. The lowest BCUT2D eigenvalue weighted by Gasteiger charge is -2.40. The van der Waals surface area contributed by atoms with Crippen molar-refractivity contribution in [1.29, 1.82) is 0 Å². The number of imide groups is 1. The van der Waals surface area contributed by atoms with Gasteiger partial charge in [-0.25, -0.2) is 4.79 Å². The maximum atomic E-state index is 12.0. The van der Waals surface area contributed by atoms with Gasteiger partial charge in [0.1, 0.15) is 5.54 Å². The van der Waals surface area contributed by atoms with Gasteiger partial charge in [0, 0.05) is 26.7 Å². The molecule has 2 fully saturated rings. The average molecular weight is 285 g/mol. The Morgan fingerprint density at radius 1 is 1.20 bits per heavy atom. The highest BCUT2D eigenvalue weighted by atomic mass is 16.5. The van der Waals surface area contributed by atoms with E-state index in [4.69, 9.17) is 9.47 Å². The Bertz CT molecular complexity index is 367. The third-order valence-electron chi connectivity index (χ3n) is 4.12. The second kappa shape index (κ2) is 6.51. The van der Waals surface area contributed by atoms with Gasteiger partial charge in [0.2, 0.25) is 0 Å². The van der Waals surface area contributed by atoms with E-state index in [1.807, 2.05) is 6.92 Å². The summed E-state index contributed by atoms with van der Waals surface area (Å²) >= 11 is 0. The number of urea groups is 1. The van der Waals surface area contributed by atoms with Gasteiger partial charge in [-0.05, 0) is 19.8 Å². The van der Waals surface area contributed by atoms with Gasteiger partial charge in [-0.15, -0.1) is 0 Å². The molecule has 0 aromatic rings. The number of piperidine rings is 1. The summed E-state index contributed by atoms with van der Waals surface area (Å²) in [6.07, 6.45) is 1.30. The number of rotatable bonds is 6. The molecule has 0 aromatic carbocycles. The highest BCUT2D eigenvalue weighted by Gasteiger charge is 2.52. The molecular formula is C13H23N3O4. The fraction of sp³-hybridized carbons (Fsp3) is 0.846. The van der Waals surface area contributed by atoms with E-state index in [0.717, 1.165) is 13.1 Å². The Labute approximate surface area is 119 Å². The van der Waals surface area contributed by atoms with Crippen molar-refractivity contribution in [2.45, 2.75) is 25.3 Å². The van der Waals surface area contributed by atoms with Crippen LogP contribution in [0.1, 0.15) is 19.8 Å². The third kappa shape index (κ3) is 2.94. The van der Waals surface area contributed by atoms with Crippen LogP contribution in [-0.2, 0) is 14.3 Å². The molecule has 0 saturated carbocycles. The van der Waals surface area contributed by atoms with E-state index >= 15 is 0 Å². The molecule has 2 aliphatic heterocycles. The van der Waals surface area contributed by atoms with Gasteiger partial charge in [-0.3, -0.25) is 15.0 Å². The third-order valence-corrected chi connectivity index (χ3v) is 4.12. The molecule has 0 unspecified atom stereocenters. The summed E-state index contributed by atoms with van der Waals surface area (Å²) in [6, 6.07) is -0.295. The minimum atomic E-state index is -0.654. The van der Waals surface area contributed by atoms with Gasteiger partial charge in [-0.2, -0.15) is 0 Å². The van der Waals surface area contributed by atoms with Crippen LogP contribution in [0.2, 0.25) is 0 Å². The van der Waals surface area contributed by atoms with Crippen LogP contribution in [0.15, 0.2) is 0 Å². The Morgan fingerprint density at radius 2 is 1.85 bits per heavy atom. The predicted molar refractivity (Wildman–Crippen MR) is 72.2 cm³/mol. The molecule has 0 aliphatic carbocycles. The summed E-state index contributed by atoms with van der Waals surface area (Å²) in [5.74, 6) is -0.165. The zero-order valence-corrected chi connectivity index (χ0v) is 12.2. The summed E-state index contributed by atoms with van der Waals surface area (Å²) in [5, 5.41) is 2.39. The Balaban J connectivity index is 1.75. The maximum absolute atomic E-state index is 12.0. The first-order chi connectivity index (χ1) is 9.60. The first-order valence-corrected chi connectivity index (χ1v) is 7.07. The van der Waals surface area contributed by atoms with Crippen molar-refractivity contribution >= 4 is 11.9 Å². The summed E-state index contributed by atoms with van der Waals surface area (Å²) in [6.45, 7) is 5.88. The van der Waals surface area contributed by atoms with E-state index in [9.17, 15) is 9.59 Å². The molecule has 2 rings (SSSR count). The van der Waals surface area contributed by atoms with Crippen LogP contribution in [0.5, 0.6) is 0 Å². The van der Waals surface area contributed by atoms with Crippen LogP contribution in [-0.4, -0.2) is 74.0 Å². The summed E-state index contributed by atoms with van der Waals surface area (Å²) in [5.41, 5.74) is -0.654. The average Bonchev–Trinajstić information content (AvgIpc) is 2.65. The molecule has 7 heteroatoms. The maximum Gasteiger partial charge on any atom is 0.324 e. The molecule has 0 atom stereocenters. The molecule has 2 heterocycles. The molecule has 20 heavy (non-hydrogen) atoms. The fourth-order valence-electron chi connectivity index (χ4n) is 2.71. The lowest BCUT2D eigenvalue weighted by molar-refractivity contribution is -0.129. The number of likely N-dealkylation sites (N-methyl/N-ethyl adjacent to an activating group) is 1. The molecule has 2 saturated heterocycles. The number of carbonyl (C=O) groups is 2. The molecule has 2 aliphatic rings. The first kappa shape index (κ1) is 15.2. The summed E-state index contributed by atoms with van der Waals surface area (Å²) < 4.78 is 10.7. The van der Waals surface area contributed by atoms with Crippen molar-refractivity contribution in [2.24, 2.45) is 0 Å². The van der Waals surface area contributed by atoms with Crippen molar-refractivity contribution in [3.8, 4) is 0 Å². The molecule has 7 nitrogen and oxygen atoms in total. The molecule has 1 N–H and O–H groups in total. The standard InChI is InChI=1S/C13H23N3O4/c1-3-19-8-9-20-10-16-6-4-13(5-7-16)11(17)14-12(18)15(13)2/h3-10H2,1-2H3,(H,14,17,18). The molecular weight excluding hydrogens is 262 g/mol. The summed E-state index contributed by atoms with van der Waals surface area (Å²) in [4.78, 5) is 27.2. The second-order valence-corrected chi connectivity index (χ2v) is 5.20. The smallest absolute Gasteiger partial charge is 0.324 e. The highest BCUT2D eigenvalue weighted by molar-refractivity contribution is 6.06. The van der Waals surface area contributed by atoms with Crippen molar-refractivity contribution in [3.05, 3.63) is 0 Å². The fourth-order valence-corrected chi connectivity index (χ4v) is 2.71. The topological polar surface area (TPSA) is 71.1 Å². The zero-order valence-electron chi connectivity index (χ0n) is 12.2. The summed E-state index contributed by atoms with van der Waals surface area (Å²) in [7, 11) is 1.69. The number of nitrogens with one attached hydrogen (secondary N) is 1. The van der Waals surface area contributed by atoms with Gasteiger partial charge < -0.3 is 14.4 Å². The monoisotopic (exact) mass is 285 g/mol. The molecule has 1 spiro atoms.